The zero-order valence-corrected chi connectivity index (χ0v) is 14.8. The van der Waals surface area contributed by atoms with Crippen molar-refractivity contribution in [2.24, 2.45) is 0 Å². The number of nitrogens with zero attached hydrogens (tertiary/aromatic N) is 1. The van der Waals surface area contributed by atoms with Crippen LogP contribution in [0, 0.1) is 0 Å². The molecule has 4 nitrogen and oxygen atoms in total. The van der Waals surface area contributed by atoms with Gasteiger partial charge in [0.2, 0.25) is 0 Å². The van der Waals surface area contributed by atoms with E-state index in [-0.39, 0.29) is 24.4 Å². The Morgan fingerprint density at radius 3 is 2.58 bits per heavy atom. The highest BCUT2D eigenvalue weighted by Crippen LogP contribution is 2.34. The number of fused-ring (bicyclic) bond motifs is 1. The maximum Gasteiger partial charge on any atom is 0.164 e. The number of pyridine rings is 1. The van der Waals surface area contributed by atoms with Crippen LogP contribution in [0.15, 0.2) is 47.6 Å². The summed E-state index contributed by atoms with van der Waals surface area (Å²) in [7, 11) is 0. The molecular weight excluding hydrogens is 322 g/mol. The van der Waals surface area contributed by atoms with Crippen molar-refractivity contribution in [2.45, 2.75) is 31.6 Å². The number of carbonyl (C=O) groups excluding carboxylic acids is 2. The number of ether oxygens (including phenoxy) is 1. The van der Waals surface area contributed by atoms with Gasteiger partial charge in [0.15, 0.2) is 11.6 Å². The highest BCUT2D eigenvalue weighted by atomic mass is 32.2. The summed E-state index contributed by atoms with van der Waals surface area (Å²) in [6, 6.07) is 8.92. The molecule has 0 atom stereocenters. The molecular formula is C19H21NO3S. The summed E-state index contributed by atoms with van der Waals surface area (Å²) in [5.41, 5.74) is 1.14. The zero-order valence-electron chi connectivity index (χ0n) is 14.0. The Morgan fingerprint density at radius 1 is 1.12 bits per heavy atom. The third-order valence-corrected chi connectivity index (χ3v) is 4.45. The normalized spacial score (nSPS) is 12.2. The number of hydrogen-bond donors (Lipinski definition) is 0. The van der Waals surface area contributed by atoms with Crippen molar-refractivity contribution in [3.63, 3.8) is 0 Å². The SMILES string of the molecule is CC.O=C(CCC(=O)c1ccc2c(c1)OCCS2)c1cccnc1. The largest absolute Gasteiger partial charge is 0.492 e. The van der Waals surface area contributed by atoms with E-state index in [9.17, 15) is 9.59 Å². The summed E-state index contributed by atoms with van der Waals surface area (Å²) >= 11 is 1.73. The van der Waals surface area contributed by atoms with E-state index in [2.05, 4.69) is 4.98 Å². The molecule has 0 aliphatic carbocycles. The van der Waals surface area contributed by atoms with Gasteiger partial charge in [0.05, 0.1) is 6.61 Å². The lowest BCUT2D eigenvalue weighted by molar-refractivity contribution is 0.0917. The summed E-state index contributed by atoms with van der Waals surface area (Å²) in [5, 5.41) is 0. The Labute approximate surface area is 146 Å². The minimum absolute atomic E-state index is 0.0424. The minimum Gasteiger partial charge on any atom is -0.492 e. The molecule has 0 fully saturated rings. The van der Waals surface area contributed by atoms with Gasteiger partial charge in [0.25, 0.3) is 0 Å². The van der Waals surface area contributed by atoms with Crippen LogP contribution in [-0.4, -0.2) is 28.9 Å². The van der Waals surface area contributed by atoms with Crippen molar-refractivity contribution < 1.29 is 14.3 Å². The maximum absolute atomic E-state index is 12.2. The van der Waals surface area contributed by atoms with Gasteiger partial charge in [-0.05, 0) is 24.3 Å². The van der Waals surface area contributed by atoms with Crippen LogP contribution in [-0.2, 0) is 0 Å². The molecule has 1 aliphatic rings. The number of thioether (sulfide) groups is 1. The van der Waals surface area contributed by atoms with Crippen LogP contribution >= 0.6 is 11.8 Å². The van der Waals surface area contributed by atoms with Crippen LogP contribution in [0.2, 0.25) is 0 Å². The van der Waals surface area contributed by atoms with Gasteiger partial charge in [-0.1, -0.05) is 19.9 Å². The molecule has 0 amide bonds. The van der Waals surface area contributed by atoms with Crippen molar-refractivity contribution in [3.05, 3.63) is 53.9 Å². The molecule has 0 bridgehead atoms. The first kappa shape index (κ1) is 18.2. The summed E-state index contributed by atoms with van der Waals surface area (Å²) in [6.45, 7) is 4.66. The molecule has 24 heavy (non-hydrogen) atoms. The molecule has 5 heteroatoms. The van der Waals surface area contributed by atoms with Crippen LogP contribution in [0.1, 0.15) is 47.4 Å². The standard InChI is InChI=1S/C17H15NO3S.C2H6/c19-14(4-5-15(20)13-2-1-7-18-11-13)12-3-6-17-16(10-12)21-8-9-22-17;1-2/h1-3,6-7,10-11H,4-5,8-9H2;1-2H3. The van der Waals surface area contributed by atoms with Crippen LogP contribution in [0.3, 0.4) is 0 Å². The van der Waals surface area contributed by atoms with E-state index in [1.807, 2.05) is 19.9 Å². The Morgan fingerprint density at radius 2 is 1.88 bits per heavy atom. The molecule has 0 spiro atoms. The molecule has 1 aromatic carbocycles. The van der Waals surface area contributed by atoms with E-state index in [4.69, 9.17) is 4.74 Å². The Bertz CT molecular complexity index is 701. The third-order valence-electron chi connectivity index (χ3n) is 3.43. The predicted molar refractivity (Wildman–Crippen MR) is 96.1 cm³/mol. The van der Waals surface area contributed by atoms with E-state index in [0.29, 0.717) is 17.7 Å². The lowest BCUT2D eigenvalue weighted by atomic mass is 10.0. The highest BCUT2D eigenvalue weighted by Gasteiger charge is 2.15. The van der Waals surface area contributed by atoms with E-state index < -0.39 is 0 Å². The summed E-state index contributed by atoms with van der Waals surface area (Å²) in [5.74, 6) is 1.59. The Balaban J connectivity index is 0.00000100. The van der Waals surface area contributed by atoms with Crippen molar-refractivity contribution in [2.75, 3.05) is 12.4 Å². The zero-order chi connectivity index (χ0) is 17.4. The van der Waals surface area contributed by atoms with Gasteiger partial charge in [-0.25, -0.2) is 0 Å². The summed E-state index contributed by atoms with van der Waals surface area (Å²) in [6.07, 6.45) is 3.53. The predicted octanol–water partition coefficient (Wildman–Crippen LogP) is 4.44. The van der Waals surface area contributed by atoms with Gasteiger partial charge in [0, 0.05) is 47.0 Å². The number of rotatable bonds is 5. The fourth-order valence-electron chi connectivity index (χ4n) is 2.26. The first-order valence-electron chi connectivity index (χ1n) is 8.10. The number of carbonyl (C=O) groups is 2. The van der Waals surface area contributed by atoms with Crippen molar-refractivity contribution in [1.82, 2.24) is 4.98 Å². The summed E-state index contributed by atoms with van der Waals surface area (Å²) < 4.78 is 5.56. The van der Waals surface area contributed by atoms with Crippen molar-refractivity contribution in [3.8, 4) is 5.75 Å². The van der Waals surface area contributed by atoms with Crippen molar-refractivity contribution >= 4 is 23.3 Å². The van der Waals surface area contributed by atoms with Crippen LogP contribution in [0.4, 0.5) is 0 Å². The summed E-state index contributed by atoms with van der Waals surface area (Å²) in [4.78, 5) is 29.2. The molecule has 0 N–H and O–H groups in total. The third kappa shape index (κ3) is 4.68. The van der Waals surface area contributed by atoms with Gasteiger partial charge in [-0.3, -0.25) is 14.6 Å². The average Bonchev–Trinajstić information content (AvgIpc) is 2.67. The number of Topliss-reactive ketones (excluding diaryl/α,β-unsaturated/α-hetero) is 2. The topological polar surface area (TPSA) is 56.3 Å². The van der Waals surface area contributed by atoms with Gasteiger partial charge in [0.1, 0.15) is 5.75 Å². The van der Waals surface area contributed by atoms with Crippen molar-refractivity contribution in [1.29, 1.82) is 0 Å². The van der Waals surface area contributed by atoms with Gasteiger partial charge < -0.3 is 4.74 Å². The molecule has 1 aromatic heterocycles. The smallest absolute Gasteiger partial charge is 0.164 e. The molecule has 3 rings (SSSR count). The fourth-order valence-corrected chi connectivity index (χ4v) is 3.07. The maximum atomic E-state index is 12.2. The second-order valence-corrected chi connectivity index (χ2v) is 6.08. The van der Waals surface area contributed by atoms with Crippen LogP contribution in [0.25, 0.3) is 0 Å². The fraction of sp³-hybridized carbons (Fsp3) is 0.316. The van der Waals surface area contributed by atoms with E-state index in [1.165, 1.54) is 6.20 Å². The van der Waals surface area contributed by atoms with Gasteiger partial charge in [-0.2, -0.15) is 0 Å². The molecule has 0 saturated carbocycles. The lowest BCUT2D eigenvalue weighted by Gasteiger charge is -2.17. The number of ketones is 2. The second-order valence-electron chi connectivity index (χ2n) is 4.95. The van der Waals surface area contributed by atoms with E-state index in [1.54, 1.807) is 42.2 Å². The monoisotopic (exact) mass is 343 g/mol. The number of hydrogen-bond acceptors (Lipinski definition) is 5. The number of benzene rings is 1. The Kier molecular flexibility index (Phi) is 7.00. The highest BCUT2D eigenvalue weighted by molar-refractivity contribution is 7.99. The van der Waals surface area contributed by atoms with Crippen LogP contribution in [0.5, 0.6) is 5.75 Å². The Hall–Kier alpha value is -2.14. The average molecular weight is 343 g/mol. The lowest BCUT2D eigenvalue weighted by Crippen LogP contribution is -2.09. The molecule has 0 unspecified atom stereocenters. The molecule has 2 heterocycles. The molecule has 0 saturated heterocycles. The second kappa shape index (κ2) is 9.23. The molecule has 2 aromatic rings. The minimum atomic E-state index is -0.0637. The first-order valence-corrected chi connectivity index (χ1v) is 9.09. The molecule has 126 valence electrons. The van der Waals surface area contributed by atoms with Crippen LogP contribution < -0.4 is 4.74 Å². The molecule has 0 radical (unpaired) electrons. The number of aromatic nitrogens is 1. The van der Waals surface area contributed by atoms with Gasteiger partial charge >= 0.3 is 0 Å². The quantitative estimate of drug-likeness (QED) is 0.751. The van der Waals surface area contributed by atoms with E-state index in [0.717, 1.165) is 16.4 Å². The molecule has 1 aliphatic heterocycles. The van der Waals surface area contributed by atoms with Gasteiger partial charge in [-0.15, -0.1) is 11.8 Å². The van der Waals surface area contributed by atoms with E-state index >= 15 is 0 Å². The first-order chi connectivity index (χ1) is 11.7.